The normalized spacial score (nSPS) is 10.7. The van der Waals surface area contributed by atoms with Crippen LogP contribution in [0.25, 0.3) is 10.1 Å². The molecule has 0 bridgehead atoms. The first-order valence-corrected chi connectivity index (χ1v) is 6.13. The van der Waals surface area contributed by atoms with Crippen LogP contribution in [0.1, 0.15) is 23.0 Å². The number of nitro benzene ring substituents is 1. The van der Waals surface area contributed by atoms with Crippen LogP contribution in [0.5, 0.6) is 0 Å². The summed E-state index contributed by atoms with van der Waals surface area (Å²) in [6.45, 7) is 1.76. The summed E-state index contributed by atoms with van der Waals surface area (Å²) in [7, 11) is 0. The maximum absolute atomic E-state index is 11.6. The molecule has 0 saturated heterocycles. The number of Topliss-reactive ketones (excluding diaryl/α,β-unsaturated/α-hetero) is 1. The van der Waals surface area contributed by atoms with E-state index < -0.39 is 4.92 Å². The van der Waals surface area contributed by atoms with Gasteiger partial charge in [-0.3, -0.25) is 14.9 Å². The van der Waals surface area contributed by atoms with E-state index in [-0.39, 0.29) is 11.5 Å². The molecule has 0 atom stereocenters. The number of ketones is 1. The Bertz CT molecular complexity index is 620. The number of nitrogens with zero attached hydrogens (tertiary/aromatic N) is 1. The highest BCUT2D eigenvalue weighted by Crippen LogP contribution is 2.37. The summed E-state index contributed by atoms with van der Waals surface area (Å²) in [6, 6.07) is 4.41. The lowest BCUT2D eigenvalue weighted by Gasteiger charge is -1.92. The van der Waals surface area contributed by atoms with Crippen LogP contribution in [0.15, 0.2) is 18.2 Å². The minimum absolute atomic E-state index is 0.00548. The zero-order valence-electron chi connectivity index (χ0n) is 8.90. The van der Waals surface area contributed by atoms with Crippen LogP contribution in [0.4, 0.5) is 5.69 Å². The Kier molecular flexibility index (Phi) is 3.13. The van der Waals surface area contributed by atoms with Gasteiger partial charge < -0.3 is 0 Å². The van der Waals surface area contributed by atoms with E-state index in [1.54, 1.807) is 13.0 Å². The molecule has 0 saturated carbocycles. The molecule has 17 heavy (non-hydrogen) atoms. The number of fused-ring (bicyclic) bond motifs is 1. The molecule has 1 aromatic carbocycles. The van der Waals surface area contributed by atoms with Gasteiger partial charge in [0.1, 0.15) is 0 Å². The lowest BCUT2D eigenvalue weighted by Crippen LogP contribution is -1.92. The van der Waals surface area contributed by atoms with Crippen molar-refractivity contribution in [3.8, 4) is 0 Å². The van der Waals surface area contributed by atoms with Crippen molar-refractivity contribution >= 4 is 44.5 Å². The highest BCUT2D eigenvalue weighted by Gasteiger charge is 2.17. The summed E-state index contributed by atoms with van der Waals surface area (Å²) in [5.74, 6) is -0.0427. The Hall–Kier alpha value is -1.46. The van der Waals surface area contributed by atoms with Crippen LogP contribution < -0.4 is 0 Å². The predicted molar refractivity (Wildman–Crippen MR) is 68.1 cm³/mol. The van der Waals surface area contributed by atoms with Gasteiger partial charge >= 0.3 is 0 Å². The third-order valence-electron chi connectivity index (χ3n) is 2.40. The fraction of sp³-hybridized carbons (Fsp3) is 0.182. The van der Waals surface area contributed by atoms with Crippen LogP contribution in [0, 0.1) is 10.1 Å². The van der Waals surface area contributed by atoms with Crippen molar-refractivity contribution in [3.63, 3.8) is 0 Å². The summed E-state index contributed by atoms with van der Waals surface area (Å²) < 4.78 is 0.668. The molecule has 0 aliphatic heterocycles. The van der Waals surface area contributed by atoms with Crippen LogP contribution in [0.3, 0.4) is 0 Å². The van der Waals surface area contributed by atoms with Gasteiger partial charge in [-0.25, -0.2) is 0 Å². The summed E-state index contributed by atoms with van der Waals surface area (Å²) in [6.07, 6.45) is 0.370. The Morgan fingerprint density at radius 1 is 1.53 bits per heavy atom. The predicted octanol–water partition coefficient (Wildman–Crippen LogP) is 4.06. The van der Waals surface area contributed by atoms with Crippen molar-refractivity contribution in [2.45, 2.75) is 13.3 Å². The molecule has 0 N–H and O–H groups in total. The Morgan fingerprint density at radius 2 is 2.24 bits per heavy atom. The van der Waals surface area contributed by atoms with Gasteiger partial charge in [0.05, 0.1) is 14.8 Å². The van der Waals surface area contributed by atoms with E-state index in [9.17, 15) is 14.9 Å². The van der Waals surface area contributed by atoms with E-state index in [1.807, 2.05) is 0 Å². The first kappa shape index (κ1) is 12.0. The molecule has 88 valence electrons. The molecule has 0 fully saturated rings. The van der Waals surface area contributed by atoms with Gasteiger partial charge in [-0.1, -0.05) is 18.5 Å². The van der Waals surface area contributed by atoms with E-state index in [0.29, 0.717) is 26.4 Å². The van der Waals surface area contributed by atoms with Crippen molar-refractivity contribution < 1.29 is 9.72 Å². The zero-order chi connectivity index (χ0) is 12.6. The average Bonchev–Trinajstić information content (AvgIpc) is 2.65. The number of hydrogen-bond acceptors (Lipinski definition) is 4. The van der Waals surface area contributed by atoms with Crippen molar-refractivity contribution in [2.75, 3.05) is 0 Å². The lowest BCUT2D eigenvalue weighted by atomic mass is 10.2. The van der Waals surface area contributed by atoms with Gasteiger partial charge in [-0.2, -0.15) is 0 Å². The molecule has 4 nitrogen and oxygen atoms in total. The fourth-order valence-corrected chi connectivity index (χ4v) is 3.09. The molecule has 0 aliphatic carbocycles. The van der Waals surface area contributed by atoms with Gasteiger partial charge in [-0.05, 0) is 6.07 Å². The van der Waals surface area contributed by atoms with Gasteiger partial charge in [0.15, 0.2) is 5.78 Å². The maximum atomic E-state index is 11.6. The largest absolute Gasteiger partial charge is 0.293 e. The third kappa shape index (κ3) is 2.03. The Labute approximate surface area is 106 Å². The van der Waals surface area contributed by atoms with Crippen LogP contribution in [-0.2, 0) is 0 Å². The second-order valence-corrected chi connectivity index (χ2v) is 4.89. The van der Waals surface area contributed by atoms with Crippen LogP contribution in [0.2, 0.25) is 5.02 Å². The Balaban J connectivity index is 2.65. The van der Waals surface area contributed by atoms with Crippen molar-refractivity contribution in [1.82, 2.24) is 0 Å². The number of rotatable bonds is 3. The number of hydrogen-bond donors (Lipinski definition) is 0. The number of nitro groups is 1. The van der Waals surface area contributed by atoms with E-state index in [1.165, 1.54) is 23.5 Å². The topological polar surface area (TPSA) is 60.2 Å². The first-order valence-electron chi connectivity index (χ1n) is 4.94. The second kappa shape index (κ2) is 4.43. The number of benzene rings is 1. The highest BCUT2D eigenvalue weighted by atomic mass is 35.5. The summed E-state index contributed by atoms with van der Waals surface area (Å²) in [4.78, 5) is 22.3. The minimum Gasteiger partial charge on any atom is -0.293 e. The molecular weight excluding hydrogens is 262 g/mol. The molecule has 0 radical (unpaired) electrons. The first-order chi connectivity index (χ1) is 8.04. The zero-order valence-corrected chi connectivity index (χ0v) is 10.5. The molecule has 0 unspecified atom stereocenters. The molecule has 2 aromatic rings. The van der Waals surface area contributed by atoms with Gasteiger partial charge in [0, 0.05) is 28.6 Å². The number of carbonyl (C=O) groups excluding carboxylic acids is 1. The quantitative estimate of drug-likeness (QED) is 0.480. The smallest absolute Gasteiger partial charge is 0.270 e. The lowest BCUT2D eigenvalue weighted by molar-refractivity contribution is -0.384. The van der Waals surface area contributed by atoms with Crippen LogP contribution >= 0.6 is 22.9 Å². The van der Waals surface area contributed by atoms with Crippen molar-refractivity contribution in [2.24, 2.45) is 0 Å². The monoisotopic (exact) mass is 269 g/mol. The second-order valence-electron chi connectivity index (χ2n) is 3.46. The van der Waals surface area contributed by atoms with E-state index in [0.717, 1.165) is 0 Å². The van der Waals surface area contributed by atoms with Gasteiger partial charge in [0.2, 0.25) is 0 Å². The SMILES string of the molecule is CCC(=O)c1sc2cc([N+](=O)[O-])ccc2c1Cl. The summed E-state index contributed by atoms with van der Waals surface area (Å²) in [5, 5.41) is 11.7. The molecule has 0 spiro atoms. The highest BCUT2D eigenvalue weighted by molar-refractivity contribution is 7.21. The standard InChI is InChI=1S/C11H8ClNO3S/c1-2-8(14)11-10(12)7-4-3-6(13(15)16)5-9(7)17-11/h3-5H,2H2,1H3. The van der Waals surface area contributed by atoms with Crippen molar-refractivity contribution in [1.29, 1.82) is 0 Å². The number of non-ortho nitro benzene ring substituents is 1. The molecule has 6 heteroatoms. The number of carbonyl (C=O) groups is 1. The van der Waals surface area contributed by atoms with Crippen molar-refractivity contribution in [3.05, 3.63) is 38.2 Å². The van der Waals surface area contributed by atoms with E-state index >= 15 is 0 Å². The molecule has 1 heterocycles. The number of thiophene rings is 1. The maximum Gasteiger partial charge on any atom is 0.270 e. The molecule has 1 aromatic heterocycles. The molecule has 0 amide bonds. The van der Waals surface area contributed by atoms with E-state index in [4.69, 9.17) is 11.6 Å². The average molecular weight is 270 g/mol. The third-order valence-corrected chi connectivity index (χ3v) is 4.10. The fourth-order valence-electron chi connectivity index (χ4n) is 1.51. The van der Waals surface area contributed by atoms with E-state index in [2.05, 4.69) is 0 Å². The Morgan fingerprint density at radius 3 is 2.82 bits per heavy atom. The molecular formula is C11H8ClNO3S. The van der Waals surface area contributed by atoms with Gasteiger partial charge in [0.25, 0.3) is 5.69 Å². The number of halogens is 1. The molecule has 0 aliphatic rings. The van der Waals surface area contributed by atoms with Gasteiger partial charge in [-0.15, -0.1) is 11.3 Å². The minimum atomic E-state index is -0.464. The van der Waals surface area contributed by atoms with Crippen LogP contribution in [-0.4, -0.2) is 10.7 Å². The summed E-state index contributed by atoms with van der Waals surface area (Å²) in [5.41, 5.74) is 0.00548. The summed E-state index contributed by atoms with van der Waals surface area (Å²) >= 11 is 7.28. The molecule has 2 rings (SSSR count).